The summed E-state index contributed by atoms with van der Waals surface area (Å²) in [5.74, 6) is 0. The van der Waals surface area contributed by atoms with E-state index in [4.69, 9.17) is 0 Å². The Labute approximate surface area is 118 Å². The summed E-state index contributed by atoms with van der Waals surface area (Å²) in [7, 11) is 0. The van der Waals surface area contributed by atoms with E-state index in [0.717, 1.165) is 12.2 Å². The minimum Gasteiger partial charge on any atom is -0.305 e. The number of rotatable bonds is 4. The Bertz CT molecular complexity index is 689. The van der Waals surface area contributed by atoms with Crippen molar-refractivity contribution >= 4 is 10.8 Å². The standard InChI is InChI=1S/C17H17N3/c1-13(19-11-15-9-10-18-12-20-15)16-8-4-6-14-5-2-3-7-17(14)16/h2-10,12-13,19H,11H2,1H3. The highest BCUT2D eigenvalue weighted by atomic mass is 14.9. The van der Waals surface area contributed by atoms with E-state index >= 15 is 0 Å². The van der Waals surface area contributed by atoms with E-state index in [-0.39, 0.29) is 6.04 Å². The summed E-state index contributed by atoms with van der Waals surface area (Å²) in [6, 6.07) is 17.1. The maximum absolute atomic E-state index is 4.23. The van der Waals surface area contributed by atoms with Crippen molar-refractivity contribution in [1.82, 2.24) is 15.3 Å². The number of hydrogen-bond donors (Lipinski definition) is 1. The van der Waals surface area contributed by atoms with Crippen LogP contribution in [-0.4, -0.2) is 9.97 Å². The summed E-state index contributed by atoms with van der Waals surface area (Å²) >= 11 is 0. The second-order valence-corrected chi connectivity index (χ2v) is 4.87. The Morgan fingerprint density at radius 1 is 1.05 bits per heavy atom. The number of aromatic nitrogens is 2. The number of nitrogens with zero attached hydrogens (tertiary/aromatic N) is 2. The first-order valence-electron chi connectivity index (χ1n) is 6.80. The minimum absolute atomic E-state index is 0.274. The monoisotopic (exact) mass is 263 g/mol. The zero-order valence-electron chi connectivity index (χ0n) is 11.5. The largest absolute Gasteiger partial charge is 0.305 e. The highest BCUT2D eigenvalue weighted by Gasteiger charge is 2.08. The van der Waals surface area contributed by atoms with Gasteiger partial charge in [-0.1, -0.05) is 42.5 Å². The normalized spacial score (nSPS) is 12.4. The molecule has 1 heterocycles. The number of hydrogen-bond acceptors (Lipinski definition) is 3. The van der Waals surface area contributed by atoms with Gasteiger partial charge in [0.1, 0.15) is 6.33 Å². The first-order valence-corrected chi connectivity index (χ1v) is 6.80. The van der Waals surface area contributed by atoms with Gasteiger partial charge >= 0.3 is 0 Å². The summed E-state index contributed by atoms with van der Waals surface area (Å²) in [6.07, 6.45) is 3.35. The molecule has 3 nitrogen and oxygen atoms in total. The molecule has 0 bridgehead atoms. The molecule has 20 heavy (non-hydrogen) atoms. The van der Waals surface area contributed by atoms with E-state index < -0.39 is 0 Å². The van der Waals surface area contributed by atoms with E-state index in [9.17, 15) is 0 Å². The van der Waals surface area contributed by atoms with E-state index in [2.05, 4.69) is 64.7 Å². The topological polar surface area (TPSA) is 37.8 Å². The van der Waals surface area contributed by atoms with Gasteiger partial charge in [0.25, 0.3) is 0 Å². The summed E-state index contributed by atoms with van der Waals surface area (Å²) in [5.41, 5.74) is 2.32. The van der Waals surface area contributed by atoms with Gasteiger partial charge in [-0.25, -0.2) is 9.97 Å². The van der Waals surface area contributed by atoms with E-state index in [1.165, 1.54) is 16.3 Å². The Hall–Kier alpha value is -2.26. The average Bonchev–Trinajstić information content (AvgIpc) is 2.53. The van der Waals surface area contributed by atoms with Crippen molar-refractivity contribution in [2.24, 2.45) is 0 Å². The van der Waals surface area contributed by atoms with Gasteiger partial charge in [-0.2, -0.15) is 0 Å². The molecule has 1 atom stereocenters. The molecule has 0 aliphatic carbocycles. The molecule has 0 fully saturated rings. The van der Waals surface area contributed by atoms with Gasteiger partial charge in [-0.3, -0.25) is 0 Å². The van der Waals surface area contributed by atoms with Crippen LogP contribution >= 0.6 is 0 Å². The third-order valence-electron chi connectivity index (χ3n) is 3.52. The van der Waals surface area contributed by atoms with Crippen molar-refractivity contribution in [2.45, 2.75) is 19.5 Å². The van der Waals surface area contributed by atoms with Gasteiger partial charge in [0.2, 0.25) is 0 Å². The number of fused-ring (bicyclic) bond motifs is 1. The zero-order valence-corrected chi connectivity index (χ0v) is 11.5. The molecule has 0 aliphatic rings. The first-order chi connectivity index (χ1) is 9.84. The molecule has 100 valence electrons. The second-order valence-electron chi connectivity index (χ2n) is 4.87. The Morgan fingerprint density at radius 3 is 2.75 bits per heavy atom. The molecule has 3 heteroatoms. The van der Waals surface area contributed by atoms with Gasteiger partial charge in [0, 0.05) is 18.8 Å². The van der Waals surface area contributed by atoms with Crippen LogP contribution in [0.25, 0.3) is 10.8 Å². The molecule has 0 saturated heterocycles. The predicted molar refractivity (Wildman–Crippen MR) is 81.2 cm³/mol. The molecule has 0 amide bonds. The van der Waals surface area contributed by atoms with Crippen molar-refractivity contribution < 1.29 is 0 Å². The van der Waals surface area contributed by atoms with Crippen LogP contribution in [-0.2, 0) is 6.54 Å². The van der Waals surface area contributed by atoms with Crippen LogP contribution in [0.15, 0.2) is 61.1 Å². The Balaban J connectivity index is 1.80. The molecule has 0 aliphatic heterocycles. The van der Waals surface area contributed by atoms with Crippen molar-refractivity contribution in [3.63, 3.8) is 0 Å². The van der Waals surface area contributed by atoms with Crippen LogP contribution in [0, 0.1) is 0 Å². The molecule has 1 N–H and O–H groups in total. The number of benzene rings is 2. The lowest BCUT2D eigenvalue weighted by Gasteiger charge is -2.16. The SMILES string of the molecule is CC(NCc1ccncn1)c1cccc2ccccc12. The third-order valence-corrected chi connectivity index (χ3v) is 3.52. The Kier molecular flexibility index (Phi) is 3.70. The summed E-state index contributed by atoms with van der Waals surface area (Å²) in [6.45, 7) is 2.93. The molecule has 1 unspecified atom stereocenters. The average molecular weight is 263 g/mol. The second kappa shape index (κ2) is 5.80. The van der Waals surface area contributed by atoms with E-state index in [1.807, 2.05) is 6.07 Å². The summed E-state index contributed by atoms with van der Waals surface area (Å²) in [4.78, 5) is 8.17. The van der Waals surface area contributed by atoms with Crippen molar-refractivity contribution in [1.29, 1.82) is 0 Å². The lowest BCUT2D eigenvalue weighted by molar-refractivity contribution is 0.570. The molecular formula is C17H17N3. The quantitative estimate of drug-likeness (QED) is 0.783. The van der Waals surface area contributed by atoms with Crippen LogP contribution in [0.3, 0.4) is 0 Å². The summed E-state index contributed by atoms with van der Waals surface area (Å²) in [5, 5.41) is 6.10. The molecule has 2 aromatic carbocycles. The summed E-state index contributed by atoms with van der Waals surface area (Å²) < 4.78 is 0. The van der Waals surface area contributed by atoms with E-state index in [0.29, 0.717) is 0 Å². The fraction of sp³-hybridized carbons (Fsp3) is 0.176. The van der Waals surface area contributed by atoms with Gasteiger partial charge in [-0.05, 0) is 29.3 Å². The zero-order chi connectivity index (χ0) is 13.8. The fourth-order valence-electron chi connectivity index (χ4n) is 2.42. The highest BCUT2D eigenvalue weighted by Crippen LogP contribution is 2.24. The molecular weight excluding hydrogens is 246 g/mol. The van der Waals surface area contributed by atoms with Crippen LogP contribution in [0.5, 0.6) is 0 Å². The molecule has 0 spiro atoms. The van der Waals surface area contributed by atoms with Gasteiger partial charge < -0.3 is 5.32 Å². The molecule has 3 aromatic rings. The predicted octanol–water partition coefficient (Wildman–Crippen LogP) is 3.48. The smallest absolute Gasteiger partial charge is 0.115 e. The number of nitrogens with one attached hydrogen (secondary N) is 1. The maximum atomic E-state index is 4.23. The molecule has 0 radical (unpaired) electrons. The van der Waals surface area contributed by atoms with Crippen LogP contribution in [0.2, 0.25) is 0 Å². The Morgan fingerprint density at radius 2 is 1.90 bits per heavy atom. The van der Waals surface area contributed by atoms with Crippen molar-refractivity contribution in [2.75, 3.05) is 0 Å². The molecule has 3 rings (SSSR count). The van der Waals surface area contributed by atoms with Gasteiger partial charge in [0.15, 0.2) is 0 Å². The van der Waals surface area contributed by atoms with Crippen LogP contribution in [0.1, 0.15) is 24.2 Å². The molecule has 1 aromatic heterocycles. The van der Waals surface area contributed by atoms with Crippen molar-refractivity contribution in [3.05, 3.63) is 72.3 Å². The van der Waals surface area contributed by atoms with Crippen molar-refractivity contribution in [3.8, 4) is 0 Å². The van der Waals surface area contributed by atoms with Gasteiger partial charge in [0.05, 0.1) is 5.69 Å². The lowest BCUT2D eigenvalue weighted by atomic mass is 10.00. The lowest BCUT2D eigenvalue weighted by Crippen LogP contribution is -2.19. The highest BCUT2D eigenvalue weighted by molar-refractivity contribution is 5.86. The van der Waals surface area contributed by atoms with Crippen LogP contribution in [0.4, 0.5) is 0 Å². The van der Waals surface area contributed by atoms with Gasteiger partial charge in [-0.15, -0.1) is 0 Å². The first kappa shape index (κ1) is 12.8. The van der Waals surface area contributed by atoms with E-state index in [1.54, 1.807) is 12.5 Å². The van der Waals surface area contributed by atoms with Crippen LogP contribution < -0.4 is 5.32 Å². The molecule has 0 saturated carbocycles. The minimum atomic E-state index is 0.274. The maximum Gasteiger partial charge on any atom is 0.115 e. The fourth-order valence-corrected chi connectivity index (χ4v) is 2.42. The third kappa shape index (κ3) is 2.68.